The Hall–Kier alpha value is -2.70. The van der Waals surface area contributed by atoms with Crippen LogP contribution in [0, 0.1) is 5.92 Å². The fraction of sp³-hybridized carbons (Fsp3) is 0.565. The molecular weight excluding hydrogens is 386 g/mol. The number of carbonyl (C=O) groups is 3. The van der Waals surface area contributed by atoms with E-state index < -0.39 is 23.8 Å². The van der Waals surface area contributed by atoms with Crippen molar-refractivity contribution in [1.29, 1.82) is 0 Å². The zero-order valence-electron chi connectivity index (χ0n) is 18.2. The topological polar surface area (TPSA) is 91.3 Å². The summed E-state index contributed by atoms with van der Waals surface area (Å²) in [6, 6.07) is 6.63. The minimum atomic E-state index is -1.29. The second-order valence-corrected chi connectivity index (χ2v) is 6.68. The van der Waals surface area contributed by atoms with E-state index in [2.05, 4.69) is 11.9 Å². The second-order valence-electron chi connectivity index (χ2n) is 6.68. The van der Waals surface area contributed by atoms with Crippen LogP contribution >= 0.6 is 0 Å². The molecule has 0 unspecified atom stereocenters. The lowest BCUT2D eigenvalue weighted by atomic mass is 10.1. The molecule has 0 bridgehead atoms. The van der Waals surface area contributed by atoms with Gasteiger partial charge in [-0.25, -0.2) is 4.79 Å². The van der Waals surface area contributed by atoms with Gasteiger partial charge in [-0.1, -0.05) is 51.2 Å². The Morgan fingerprint density at radius 3 is 2.10 bits per heavy atom. The lowest BCUT2D eigenvalue weighted by Crippen LogP contribution is -2.29. The lowest BCUT2D eigenvalue weighted by Gasteiger charge is -2.11. The van der Waals surface area contributed by atoms with Crippen LogP contribution in [0.4, 0.5) is 5.69 Å². The van der Waals surface area contributed by atoms with Gasteiger partial charge in [-0.2, -0.15) is 0 Å². The Morgan fingerprint density at radius 1 is 0.867 bits per heavy atom. The van der Waals surface area contributed by atoms with Crippen molar-refractivity contribution in [3.05, 3.63) is 29.8 Å². The minimum absolute atomic E-state index is 0.129. The Bertz CT molecular complexity index is 683. The van der Waals surface area contributed by atoms with E-state index in [0.717, 1.165) is 25.5 Å². The molecule has 0 aliphatic heterocycles. The first-order chi connectivity index (χ1) is 14.5. The van der Waals surface area contributed by atoms with Crippen LogP contribution in [0.3, 0.4) is 0 Å². The molecule has 0 saturated heterocycles. The molecule has 1 aromatic carbocycles. The van der Waals surface area contributed by atoms with Crippen LogP contribution in [0.5, 0.6) is 0 Å². The van der Waals surface area contributed by atoms with Crippen LogP contribution in [0.25, 0.3) is 0 Å². The number of ether oxygens (including phenoxy) is 3. The SMILES string of the molecule is CCCCCCCCOC(=O)c1ccccc1N=CC(C(=O)OCC)C(=O)OCC. The molecule has 1 aromatic rings. The smallest absolute Gasteiger partial charge is 0.340 e. The first-order valence-corrected chi connectivity index (χ1v) is 10.7. The van der Waals surface area contributed by atoms with Gasteiger partial charge in [0.15, 0.2) is 5.92 Å². The van der Waals surface area contributed by atoms with Crippen molar-refractivity contribution in [2.24, 2.45) is 10.9 Å². The third kappa shape index (κ3) is 9.20. The van der Waals surface area contributed by atoms with Crippen molar-refractivity contribution in [1.82, 2.24) is 0 Å². The van der Waals surface area contributed by atoms with Crippen molar-refractivity contribution in [2.75, 3.05) is 19.8 Å². The van der Waals surface area contributed by atoms with Crippen LogP contribution in [0.1, 0.15) is 69.7 Å². The van der Waals surface area contributed by atoms with E-state index in [1.807, 2.05) is 0 Å². The Balaban J connectivity index is 2.77. The zero-order chi connectivity index (χ0) is 22.2. The van der Waals surface area contributed by atoms with Gasteiger partial charge in [0.05, 0.1) is 31.1 Å². The molecule has 0 aliphatic carbocycles. The molecule has 0 N–H and O–H groups in total. The van der Waals surface area contributed by atoms with E-state index in [1.54, 1.807) is 38.1 Å². The Morgan fingerprint density at radius 2 is 1.47 bits per heavy atom. The summed E-state index contributed by atoms with van der Waals surface area (Å²) in [5.74, 6) is -3.28. The first-order valence-electron chi connectivity index (χ1n) is 10.7. The van der Waals surface area contributed by atoms with Gasteiger partial charge in [-0.15, -0.1) is 0 Å². The van der Waals surface area contributed by atoms with Gasteiger partial charge in [0.2, 0.25) is 0 Å². The van der Waals surface area contributed by atoms with Gasteiger partial charge >= 0.3 is 17.9 Å². The number of para-hydroxylation sites is 1. The molecule has 7 heteroatoms. The van der Waals surface area contributed by atoms with Gasteiger partial charge in [0, 0.05) is 6.21 Å². The van der Waals surface area contributed by atoms with E-state index in [0.29, 0.717) is 12.3 Å². The molecule has 1 rings (SSSR count). The number of carbonyl (C=O) groups excluding carboxylic acids is 3. The maximum absolute atomic E-state index is 12.4. The minimum Gasteiger partial charge on any atom is -0.465 e. The zero-order valence-corrected chi connectivity index (χ0v) is 18.2. The summed E-state index contributed by atoms with van der Waals surface area (Å²) < 4.78 is 15.2. The van der Waals surface area contributed by atoms with Crippen molar-refractivity contribution < 1.29 is 28.6 Å². The number of hydrogen-bond acceptors (Lipinski definition) is 7. The lowest BCUT2D eigenvalue weighted by molar-refractivity contribution is -0.157. The summed E-state index contributed by atoms with van der Waals surface area (Å²) in [7, 11) is 0. The molecule has 0 radical (unpaired) electrons. The van der Waals surface area contributed by atoms with E-state index in [9.17, 15) is 14.4 Å². The predicted octanol–water partition coefficient (Wildman–Crippen LogP) is 4.65. The molecule has 30 heavy (non-hydrogen) atoms. The molecular formula is C23H33NO6. The molecule has 0 fully saturated rings. The Labute approximate surface area is 178 Å². The van der Waals surface area contributed by atoms with Gasteiger partial charge in [-0.3, -0.25) is 14.6 Å². The molecule has 7 nitrogen and oxygen atoms in total. The van der Waals surface area contributed by atoms with Crippen molar-refractivity contribution in [3.63, 3.8) is 0 Å². The molecule has 0 heterocycles. The molecule has 0 saturated carbocycles. The number of nitrogens with zero attached hydrogens (tertiary/aromatic N) is 1. The van der Waals surface area contributed by atoms with E-state index in [4.69, 9.17) is 14.2 Å². The van der Waals surface area contributed by atoms with Crippen LogP contribution in [0.2, 0.25) is 0 Å². The first kappa shape index (κ1) is 25.3. The van der Waals surface area contributed by atoms with E-state index >= 15 is 0 Å². The molecule has 0 aliphatic rings. The fourth-order valence-electron chi connectivity index (χ4n) is 2.72. The number of rotatable bonds is 14. The monoisotopic (exact) mass is 419 g/mol. The third-order valence-electron chi connectivity index (χ3n) is 4.30. The average molecular weight is 420 g/mol. The van der Waals surface area contributed by atoms with Gasteiger partial charge < -0.3 is 14.2 Å². The number of unbranched alkanes of at least 4 members (excludes halogenated alkanes) is 5. The van der Waals surface area contributed by atoms with Gasteiger partial charge in [0.1, 0.15) is 0 Å². The second kappa shape index (κ2) is 15.2. The number of esters is 3. The fourth-order valence-corrected chi connectivity index (χ4v) is 2.72. The van der Waals surface area contributed by atoms with E-state index in [1.165, 1.54) is 19.3 Å². The maximum Gasteiger partial charge on any atom is 0.340 e. The summed E-state index contributed by atoms with van der Waals surface area (Å²) in [6.07, 6.45) is 7.74. The van der Waals surface area contributed by atoms with Crippen molar-refractivity contribution in [3.8, 4) is 0 Å². The highest BCUT2D eigenvalue weighted by molar-refractivity contribution is 6.09. The van der Waals surface area contributed by atoms with Crippen molar-refractivity contribution >= 4 is 29.8 Å². The summed E-state index contributed by atoms with van der Waals surface area (Å²) in [5, 5.41) is 0. The molecule has 0 atom stereocenters. The highest BCUT2D eigenvalue weighted by Gasteiger charge is 2.28. The number of benzene rings is 1. The van der Waals surface area contributed by atoms with E-state index in [-0.39, 0.29) is 18.8 Å². The highest BCUT2D eigenvalue weighted by atomic mass is 16.6. The maximum atomic E-state index is 12.4. The van der Waals surface area contributed by atoms with Gasteiger partial charge in [0.25, 0.3) is 0 Å². The predicted molar refractivity (Wildman–Crippen MR) is 115 cm³/mol. The largest absolute Gasteiger partial charge is 0.465 e. The third-order valence-corrected chi connectivity index (χ3v) is 4.30. The molecule has 0 amide bonds. The Kier molecular flexibility index (Phi) is 12.8. The molecule has 0 aromatic heterocycles. The standard InChI is InChI=1S/C23H33NO6/c1-4-7-8-9-10-13-16-30-21(25)18-14-11-12-15-20(18)24-17-19(22(26)28-5-2)23(27)29-6-3/h11-12,14-15,17,19H,4-10,13,16H2,1-3H3. The number of hydrogen-bond donors (Lipinski definition) is 0. The summed E-state index contributed by atoms with van der Waals surface area (Å²) >= 11 is 0. The summed E-state index contributed by atoms with van der Waals surface area (Å²) in [5.41, 5.74) is 0.579. The summed E-state index contributed by atoms with van der Waals surface area (Å²) in [6.45, 7) is 6.06. The van der Waals surface area contributed by atoms with Crippen LogP contribution < -0.4 is 0 Å². The van der Waals surface area contributed by atoms with Crippen LogP contribution in [-0.4, -0.2) is 43.9 Å². The molecule has 0 spiro atoms. The van der Waals surface area contributed by atoms with Gasteiger partial charge in [-0.05, 0) is 32.4 Å². The molecule has 166 valence electrons. The normalized spacial score (nSPS) is 10.9. The quantitative estimate of drug-likeness (QED) is 0.143. The van der Waals surface area contributed by atoms with Crippen LogP contribution in [-0.2, 0) is 23.8 Å². The number of aliphatic imine (C=N–C) groups is 1. The summed E-state index contributed by atoms with van der Waals surface area (Å²) in [4.78, 5) is 40.7. The van der Waals surface area contributed by atoms with Crippen LogP contribution in [0.15, 0.2) is 29.3 Å². The average Bonchev–Trinajstić information content (AvgIpc) is 2.74. The highest BCUT2D eigenvalue weighted by Crippen LogP contribution is 2.20. The van der Waals surface area contributed by atoms with Crippen molar-refractivity contribution in [2.45, 2.75) is 59.3 Å².